The van der Waals surface area contributed by atoms with Gasteiger partial charge in [0.1, 0.15) is 11.5 Å². The van der Waals surface area contributed by atoms with E-state index in [2.05, 4.69) is 26.0 Å². The van der Waals surface area contributed by atoms with Gasteiger partial charge in [-0.3, -0.25) is 4.79 Å². The summed E-state index contributed by atoms with van der Waals surface area (Å²) >= 11 is 3.26. The van der Waals surface area contributed by atoms with E-state index in [-0.39, 0.29) is 11.6 Å². The Hall–Kier alpha value is -2.86. The summed E-state index contributed by atoms with van der Waals surface area (Å²) in [6.45, 7) is 3.48. The van der Waals surface area contributed by atoms with Gasteiger partial charge in [-0.25, -0.2) is 13.9 Å². The first-order valence-corrected chi connectivity index (χ1v) is 9.16. The molecule has 2 heterocycles. The van der Waals surface area contributed by atoms with Crippen molar-refractivity contribution < 1.29 is 9.18 Å². The highest BCUT2D eigenvalue weighted by Gasteiger charge is 2.16. The van der Waals surface area contributed by atoms with Crippen LogP contribution in [0.2, 0.25) is 0 Å². The Morgan fingerprint density at radius 2 is 1.81 bits per heavy atom. The van der Waals surface area contributed by atoms with E-state index in [1.54, 1.807) is 28.8 Å². The monoisotopic (exact) mass is 423 g/mol. The van der Waals surface area contributed by atoms with Gasteiger partial charge in [0, 0.05) is 28.6 Å². The third-order valence-electron chi connectivity index (χ3n) is 4.34. The molecule has 27 heavy (non-hydrogen) atoms. The number of carbonyl (C=O) groups excluding carboxylic acids is 1. The maximum atomic E-state index is 14.4. The molecule has 2 aromatic carbocycles. The molecule has 0 fully saturated rings. The highest BCUT2D eigenvalue weighted by molar-refractivity contribution is 9.10. The number of aromatic nitrogens is 3. The largest absolute Gasteiger partial charge is 0.293 e. The molecule has 0 atom stereocenters. The average molecular weight is 424 g/mol. The number of carbonyl (C=O) groups is 1. The fraction of sp³-hybridized carbons (Fsp3) is 0.0952. The predicted molar refractivity (Wildman–Crippen MR) is 106 cm³/mol. The third-order valence-corrected chi connectivity index (χ3v) is 4.84. The highest BCUT2D eigenvalue weighted by Crippen LogP contribution is 2.28. The van der Waals surface area contributed by atoms with Gasteiger partial charge in [0.2, 0.25) is 0 Å². The molecule has 0 aliphatic rings. The number of halogens is 2. The fourth-order valence-electron chi connectivity index (χ4n) is 2.91. The van der Waals surface area contributed by atoms with Gasteiger partial charge in [-0.2, -0.15) is 5.10 Å². The summed E-state index contributed by atoms with van der Waals surface area (Å²) in [5.41, 5.74) is 4.45. The summed E-state index contributed by atoms with van der Waals surface area (Å²) in [5, 5.41) is 4.56. The van der Waals surface area contributed by atoms with Crippen LogP contribution >= 0.6 is 15.9 Å². The summed E-state index contributed by atoms with van der Waals surface area (Å²) in [4.78, 5) is 16.3. The lowest BCUT2D eigenvalue weighted by Crippen LogP contribution is -2.03. The van der Waals surface area contributed by atoms with Crippen molar-refractivity contribution in [3.63, 3.8) is 0 Å². The minimum atomic E-state index is -0.378. The van der Waals surface area contributed by atoms with Crippen molar-refractivity contribution in [1.29, 1.82) is 0 Å². The van der Waals surface area contributed by atoms with E-state index in [9.17, 15) is 9.18 Å². The van der Waals surface area contributed by atoms with E-state index in [0.717, 1.165) is 16.8 Å². The smallest absolute Gasteiger partial charge is 0.178 e. The molecule has 0 N–H and O–H groups in total. The summed E-state index contributed by atoms with van der Waals surface area (Å²) in [7, 11) is 0. The third kappa shape index (κ3) is 3.28. The zero-order valence-corrected chi connectivity index (χ0v) is 16.3. The molecule has 0 aliphatic carbocycles. The second-order valence-corrected chi connectivity index (χ2v) is 7.29. The lowest BCUT2D eigenvalue weighted by molar-refractivity contribution is 0.101. The summed E-state index contributed by atoms with van der Waals surface area (Å²) in [6, 6.07) is 16.2. The molecule has 0 spiro atoms. The molecule has 0 aliphatic heterocycles. The SMILES string of the molecule is CC(=O)c1cc(-c2ccc(C)cc2)n2nc(-c3ccc(Br)cc3F)cc2n1. The normalized spacial score (nSPS) is 11.1. The Bertz CT molecular complexity index is 1180. The molecule has 0 saturated carbocycles. The van der Waals surface area contributed by atoms with Crippen molar-refractivity contribution in [2.75, 3.05) is 0 Å². The fourth-order valence-corrected chi connectivity index (χ4v) is 3.25. The molecule has 134 valence electrons. The van der Waals surface area contributed by atoms with Crippen LogP contribution in [-0.2, 0) is 0 Å². The molecule has 2 aromatic heterocycles. The molecular weight excluding hydrogens is 409 g/mol. The Labute approximate surface area is 163 Å². The molecule has 0 saturated heterocycles. The summed E-state index contributed by atoms with van der Waals surface area (Å²) in [5.74, 6) is -0.514. The van der Waals surface area contributed by atoms with E-state index in [1.807, 2.05) is 31.2 Å². The summed E-state index contributed by atoms with van der Waals surface area (Å²) < 4.78 is 16.7. The Kier molecular flexibility index (Phi) is 4.36. The number of fused-ring (bicyclic) bond motifs is 1. The second kappa shape index (κ2) is 6.70. The van der Waals surface area contributed by atoms with Gasteiger partial charge in [0.25, 0.3) is 0 Å². The first kappa shape index (κ1) is 17.5. The molecule has 0 amide bonds. The molecule has 0 bridgehead atoms. The zero-order chi connectivity index (χ0) is 19.1. The average Bonchev–Trinajstić information content (AvgIpc) is 3.05. The lowest BCUT2D eigenvalue weighted by Gasteiger charge is -2.07. The van der Waals surface area contributed by atoms with E-state index in [0.29, 0.717) is 27.1 Å². The quantitative estimate of drug-likeness (QED) is 0.410. The first-order valence-electron chi connectivity index (χ1n) is 8.36. The molecular formula is C21H15BrFN3O. The Balaban J connectivity index is 1.97. The van der Waals surface area contributed by atoms with Crippen LogP contribution in [0.1, 0.15) is 23.0 Å². The van der Waals surface area contributed by atoms with Crippen LogP contribution in [-0.4, -0.2) is 20.4 Å². The second-order valence-electron chi connectivity index (χ2n) is 6.37. The standard InChI is InChI=1S/C21H15BrFN3O/c1-12-3-5-14(6-4-12)20-10-18(13(2)27)24-21-11-19(25-26(20)21)16-8-7-15(22)9-17(16)23/h3-11H,1-2H3. The Morgan fingerprint density at radius 3 is 2.48 bits per heavy atom. The molecule has 0 unspecified atom stereocenters. The number of ketones is 1. The lowest BCUT2D eigenvalue weighted by atomic mass is 10.1. The van der Waals surface area contributed by atoms with E-state index in [1.165, 1.54) is 13.0 Å². The van der Waals surface area contributed by atoms with Gasteiger partial charge in [0.05, 0.1) is 11.4 Å². The van der Waals surface area contributed by atoms with Gasteiger partial charge in [-0.05, 0) is 31.2 Å². The first-order chi connectivity index (χ1) is 12.9. The van der Waals surface area contributed by atoms with Gasteiger partial charge in [0.15, 0.2) is 11.4 Å². The van der Waals surface area contributed by atoms with Gasteiger partial charge >= 0.3 is 0 Å². The van der Waals surface area contributed by atoms with Crippen molar-refractivity contribution in [3.8, 4) is 22.5 Å². The van der Waals surface area contributed by atoms with Crippen molar-refractivity contribution >= 4 is 27.4 Å². The van der Waals surface area contributed by atoms with E-state index < -0.39 is 0 Å². The van der Waals surface area contributed by atoms with Crippen LogP contribution < -0.4 is 0 Å². The van der Waals surface area contributed by atoms with Crippen LogP contribution in [0.5, 0.6) is 0 Å². The van der Waals surface area contributed by atoms with Crippen LogP contribution in [0.4, 0.5) is 4.39 Å². The van der Waals surface area contributed by atoms with Crippen molar-refractivity contribution in [2.24, 2.45) is 0 Å². The van der Waals surface area contributed by atoms with Crippen molar-refractivity contribution in [2.45, 2.75) is 13.8 Å². The van der Waals surface area contributed by atoms with Crippen molar-refractivity contribution in [3.05, 3.63) is 76.1 Å². The molecule has 4 nitrogen and oxygen atoms in total. The zero-order valence-electron chi connectivity index (χ0n) is 14.7. The van der Waals surface area contributed by atoms with Gasteiger partial charge in [-0.15, -0.1) is 0 Å². The minimum Gasteiger partial charge on any atom is -0.293 e. The van der Waals surface area contributed by atoms with Gasteiger partial charge < -0.3 is 0 Å². The van der Waals surface area contributed by atoms with Crippen LogP contribution in [0.3, 0.4) is 0 Å². The molecule has 4 aromatic rings. The maximum absolute atomic E-state index is 14.4. The van der Waals surface area contributed by atoms with Crippen molar-refractivity contribution in [1.82, 2.24) is 14.6 Å². The number of aryl methyl sites for hydroxylation is 1. The topological polar surface area (TPSA) is 47.3 Å². The predicted octanol–water partition coefficient (Wildman–Crippen LogP) is 5.48. The maximum Gasteiger partial charge on any atom is 0.178 e. The number of benzene rings is 2. The summed E-state index contributed by atoms with van der Waals surface area (Å²) in [6.07, 6.45) is 0. The highest BCUT2D eigenvalue weighted by atomic mass is 79.9. The molecule has 0 radical (unpaired) electrons. The molecule has 6 heteroatoms. The number of Topliss-reactive ketones (excluding diaryl/α,β-unsaturated/α-hetero) is 1. The van der Waals surface area contributed by atoms with Crippen LogP contribution in [0, 0.1) is 12.7 Å². The number of hydrogen-bond donors (Lipinski definition) is 0. The van der Waals surface area contributed by atoms with Crippen LogP contribution in [0.25, 0.3) is 28.2 Å². The minimum absolute atomic E-state index is 0.136. The molecule has 4 rings (SSSR count). The number of rotatable bonds is 3. The van der Waals surface area contributed by atoms with Gasteiger partial charge in [-0.1, -0.05) is 45.8 Å². The van der Waals surface area contributed by atoms with E-state index in [4.69, 9.17) is 0 Å². The Morgan fingerprint density at radius 1 is 1.07 bits per heavy atom. The van der Waals surface area contributed by atoms with E-state index >= 15 is 0 Å². The number of nitrogens with zero attached hydrogens (tertiary/aromatic N) is 3. The number of hydrogen-bond acceptors (Lipinski definition) is 3. The van der Waals surface area contributed by atoms with Crippen LogP contribution in [0.15, 0.2) is 59.1 Å².